The van der Waals surface area contributed by atoms with Gasteiger partial charge < -0.3 is 14.8 Å². The molecule has 112 valence electrons. The third-order valence-corrected chi connectivity index (χ3v) is 3.45. The van der Waals surface area contributed by atoms with E-state index >= 15 is 0 Å². The summed E-state index contributed by atoms with van der Waals surface area (Å²) in [6, 6.07) is 19.1. The largest absolute Gasteiger partial charge is 0.382 e. The van der Waals surface area contributed by atoms with Gasteiger partial charge >= 0.3 is 0 Å². The summed E-state index contributed by atoms with van der Waals surface area (Å²) in [5, 5.41) is 3.39. The molecule has 2 aromatic carbocycles. The van der Waals surface area contributed by atoms with E-state index < -0.39 is 0 Å². The molecule has 0 bridgehead atoms. The first-order chi connectivity index (χ1) is 10.3. The van der Waals surface area contributed by atoms with Crippen molar-refractivity contribution in [3.05, 3.63) is 60.2 Å². The van der Waals surface area contributed by atoms with Crippen LogP contribution in [-0.4, -0.2) is 33.5 Å². The van der Waals surface area contributed by atoms with Crippen LogP contribution in [0.1, 0.15) is 5.56 Å². The molecule has 0 saturated carbocycles. The van der Waals surface area contributed by atoms with Crippen LogP contribution in [-0.2, 0) is 16.0 Å². The number of hydrogen-bond donors (Lipinski definition) is 1. The minimum atomic E-state index is 0.0959. The molecule has 0 saturated heterocycles. The smallest absolute Gasteiger partial charge is 0.0928 e. The van der Waals surface area contributed by atoms with Crippen LogP contribution in [0.3, 0.4) is 0 Å². The Hall–Kier alpha value is -1.68. The number of nitrogens with one attached hydrogen (secondary N) is 1. The van der Waals surface area contributed by atoms with Gasteiger partial charge in [0.1, 0.15) is 0 Å². The molecule has 3 nitrogen and oxygen atoms in total. The zero-order chi connectivity index (χ0) is 14.9. The van der Waals surface area contributed by atoms with Gasteiger partial charge in [-0.15, -0.1) is 0 Å². The van der Waals surface area contributed by atoms with Crippen molar-refractivity contribution >= 4 is 0 Å². The van der Waals surface area contributed by atoms with E-state index in [4.69, 9.17) is 9.47 Å². The standard InChI is InChI=1S/C18H23NO2/c1-20-14-18(21-2)13-19-12-15-8-10-17(11-9-15)16-6-4-3-5-7-16/h3-11,18-19H,12-14H2,1-2H3. The third-order valence-electron chi connectivity index (χ3n) is 3.45. The Morgan fingerprint density at radius 1 is 0.905 bits per heavy atom. The number of benzene rings is 2. The Balaban J connectivity index is 1.85. The minimum Gasteiger partial charge on any atom is -0.382 e. The maximum absolute atomic E-state index is 5.32. The van der Waals surface area contributed by atoms with Gasteiger partial charge in [-0.25, -0.2) is 0 Å². The molecule has 1 atom stereocenters. The summed E-state index contributed by atoms with van der Waals surface area (Å²) in [5.74, 6) is 0. The lowest BCUT2D eigenvalue weighted by Gasteiger charge is -2.15. The van der Waals surface area contributed by atoms with E-state index in [0.29, 0.717) is 6.61 Å². The van der Waals surface area contributed by atoms with Gasteiger partial charge in [0.05, 0.1) is 12.7 Å². The second-order valence-electron chi connectivity index (χ2n) is 5.01. The van der Waals surface area contributed by atoms with E-state index in [-0.39, 0.29) is 6.10 Å². The number of methoxy groups -OCH3 is 2. The maximum atomic E-state index is 5.32. The van der Waals surface area contributed by atoms with Crippen molar-refractivity contribution in [1.29, 1.82) is 0 Å². The van der Waals surface area contributed by atoms with Gasteiger partial charge in [-0.3, -0.25) is 0 Å². The van der Waals surface area contributed by atoms with Gasteiger partial charge in [-0.05, 0) is 16.7 Å². The van der Waals surface area contributed by atoms with E-state index in [1.54, 1.807) is 14.2 Å². The van der Waals surface area contributed by atoms with E-state index in [1.165, 1.54) is 16.7 Å². The highest BCUT2D eigenvalue weighted by atomic mass is 16.5. The van der Waals surface area contributed by atoms with Crippen LogP contribution in [0.25, 0.3) is 11.1 Å². The van der Waals surface area contributed by atoms with Crippen LogP contribution in [0.15, 0.2) is 54.6 Å². The molecule has 0 aliphatic rings. The number of rotatable bonds is 8. The highest BCUT2D eigenvalue weighted by molar-refractivity contribution is 5.63. The Kier molecular flexibility index (Phi) is 6.41. The van der Waals surface area contributed by atoms with Gasteiger partial charge in [0, 0.05) is 27.3 Å². The molecule has 0 spiro atoms. The first-order valence-electron chi connectivity index (χ1n) is 7.20. The lowest BCUT2D eigenvalue weighted by Crippen LogP contribution is -2.31. The highest BCUT2D eigenvalue weighted by Crippen LogP contribution is 2.19. The van der Waals surface area contributed by atoms with E-state index in [2.05, 4.69) is 53.8 Å². The summed E-state index contributed by atoms with van der Waals surface area (Å²) in [7, 11) is 3.40. The van der Waals surface area contributed by atoms with E-state index in [0.717, 1.165) is 13.1 Å². The normalized spacial score (nSPS) is 12.3. The zero-order valence-electron chi connectivity index (χ0n) is 12.7. The average Bonchev–Trinajstić information content (AvgIpc) is 2.55. The molecule has 1 unspecified atom stereocenters. The molecule has 3 heteroatoms. The van der Waals surface area contributed by atoms with Crippen LogP contribution in [0, 0.1) is 0 Å². The van der Waals surface area contributed by atoms with Gasteiger partial charge in [-0.2, -0.15) is 0 Å². The predicted molar refractivity (Wildman–Crippen MR) is 86.3 cm³/mol. The lowest BCUT2D eigenvalue weighted by molar-refractivity contribution is 0.0288. The molecule has 0 radical (unpaired) electrons. The first-order valence-corrected chi connectivity index (χ1v) is 7.20. The SMILES string of the molecule is COCC(CNCc1ccc(-c2ccccc2)cc1)OC. The summed E-state index contributed by atoms with van der Waals surface area (Å²) in [5.41, 5.74) is 3.76. The quantitative estimate of drug-likeness (QED) is 0.808. The second kappa shape index (κ2) is 8.57. The zero-order valence-corrected chi connectivity index (χ0v) is 12.7. The van der Waals surface area contributed by atoms with Crippen LogP contribution >= 0.6 is 0 Å². The number of ether oxygens (including phenoxy) is 2. The van der Waals surface area contributed by atoms with Crippen LogP contribution < -0.4 is 5.32 Å². The van der Waals surface area contributed by atoms with Crippen LogP contribution in [0.5, 0.6) is 0 Å². The predicted octanol–water partition coefficient (Wildman–Crippen LogP) is 3.10. The Bertz CT molecular complexity index is 511. The monoisotopic (exact) mass is 285 g/mol. The van der Waals surface area contributed by atoms with Crippen molar-refractivity contribution < 1.29 is 9.47 Å². The van der Waals surface area contributed by atoms with Gasteiger partial charge in [0.2, 0.25) is 0 Å². The Labute approximate surface area is 126 Å². The van der Waals surface area contributed by atoms with Gasteiger partial charge in [0.25, 0.3) is 0 Å². The van der Waals surface area contributed by atoms with Gasteiger partial charge in [-0.1, -0.05) is 54.6 Å². The molecule has 0 aromatic heterocycles. The third kappa shape index (κ3) is 4.97. The fraction of sp³-hybridized carbons (Fsp3) is 0.333. The van der Waals surface area contributed by atoms with E-state index in [1.807, 2.05) is 6.07 Å². The molecule has 0 aliphatic carbocycles. The van der Waals surface area contributed by atoms with E-state index in [9.17, 15) is 0 Å². The van der Waals surface area contributed by atoms with Gasteiger partial charge in [0.15, 0.2) is 0 Å². The van der Waals surface area contributed by atoms with Crippen LogP contribution in [0.2, 0.25) is 0 Å². The topological polar surface area (TPSA) is 30.5 Å². The molecule has 21 heavy (non-hydrogen) atoms. The Morgan fingerprint density at radius 2 is 1.57 bits per heavy atom. The molecular weight excluding hydrogens is 262 g/mol. The molecule has 2 aromatic rings. The number of hydrogen-bond acceptors (Lipinski definition) is 3. The fourth-order valence-electron chi connectivity index (χ4n) is 2.22. The van der Waals surface area contributed by atoms with Crippen molar-refractivity contribution in [3.8, 4) is 11.1 Å². The summed E-state index contributed by atoms with van der Waals surface area (Å²) >= 11 is 0. The van der Waals surface area contributed by atoms with Crippen molar-refractivity contribution in [2.75, 3.05) is 27.4 Å². The van der Waals surface area contributed by atoms with Crippen molar-refractivity contribution in [3.63, 3.8) is 0 Å². The summed E-state index contributed by atoms with van der Waals surface area (Å²) in [4.78, 5) is 0. The lowest BCUT2D eigenvalue weighted by atomic mass is 10.0. The maximum Gasteiger partial charge on any atom is 0.0928 e. The van der Waals surface area contributed by atoms with Crippen molar-refractivity contribution in [2.45, 2.75) is 12.6 Å². The van der Waals surface area contributed by atoms with Crippen LogP contribution in [0.4, 0.5) is 0 Å². The summed E-state index contributed by atoms with van der Waals surface area (Å²) < 4.78 is 10.4. The molecule has 0 fully saturated rings. The molecular formula is C18H23NO2. The summed E-state index contributed by atoms with van der Waals surface area (Å²) in [6.45, 7) is 2.22. The van der Waals surface area contributed by atoms with Crippen molar-refractivity contribution in [1.82, 2.24) is 5.32 Å². The molecule has 0 aliphatic heterocycles. The first kappa shape index (κ1) is 15.7. The molecule has 2 rings (SSSR count). The van der Waals surface area contributed by atoms with Crippen molar-refractivity contribution in [2.24, 2.45) is 0 Å². The molecule has 0 amide bonds. The fourth-order valence-corrected chi connectivity index (χ4v) is 2.22. The molecule has 1 N–H and O–H groups in total. The molecule has 0 heterocycles. The highest BCUT2D eigenvalue weighted by Gasteiger charge is 2.05. The average molecular weight is 285 g/mol. The Morgan fingerprint density at radius 3 is 2.19 bits per heavy atom. The minimum absolute atomic E-state index is 0.0959. The summed E-state index contributed by atoms with van der Waals surface area (Å²) in [6.07, 6.45) is 0.0959. The second-order valence-corrected chi connectivity index (χ2v) is 5.01.